The van der Waals surface area contributed by atoms with Crippen LogP contribution in [0.1, 0.15) is 28.4 Å². The Morgan fingerprint density at radius 1 is 1.03 bits per heavy atom. The van der Waals surface area contributed by atoms with E-state index in [9.17, 15) is 9.59 Å². The number of hydrogen-bond donors (Lipinski definition) is 5. The molecule has 0 unspecified atom stereocenters. The SMILES string of the molecule is C[C@H](COc1cccc(CNc2ccccc2C(=O)Nc2ccc(C(=N)N)cc2)c1OCC(=O)O)N(C)C. The number of nitrogens with one attached hydrogen (secondary N) is 3. The quantitative estimate of drug-likeness (QED) is 0.170. The Kier molecular flexibility index (Phi) is 9.66. The van der Waals surface area contributed by atoms with Gasteiger partial charge in [0.15, 0.2) is 18.1 Å². The molecule has 0 bridgehead atoms. The molecule has 38 heavy (non-hydrogen) atoms. The minimum atomic E-state index is -1.10. The lowest BCUT2D eigenvalue weighted by Crippen LogP contribution is -2.30. The van der Waals surface area contributed by atoms with Crippen LogP contribution >= 0.6 is 0 Å². The number of likely N-dealkylation sites (N-methyl/N-ethyl adjacent to an activating group) is 1. The van der Waals surface area contributed by atoms with Crippen LogP contribution in [0.2, 0.25) is 0 Å². The van der Waals surface area contributed by atoms with Gasteiger partial charge in [-0.05, 0) is 63.5 Å². The molecule has 6 N–H and O–H groups in total. The smallest absolute Gasteiger partial charge is 0.341 e. The number of carbonyl (C=O) groups is 2. The number of carboxylic acids is 1. The number of nitrogens with two attached hydrogens (primary N) is 1. The Bertz CT molecular complexity index is 1280. The summed E-state index contributed by atoms with van der Waals surface area (Å²) < 4.78 is 11.6. The fourth-order valence-electron chi connectivity index (χ4n) is 3.43. The van der Waals surface area contributed by atoms with Crippen molar-refractivity contribution in [2.45, 2.75) is 19.5 Å². The van der Waals surface area contributed by atoms with Crippen molar-refractivity contribution < 1.29 is 24.2 Å². The number of anilines is 2. The maximum Gasteiger partial charge on any atom is 0.341 e. The molecule has 0 aromatic heterocycles. The van der Waals surface area contributed by atoms with E-state index in [0.717, 1.165) is 0 Å². The topological polar surface area (TPSA) is 150 Å². The van der Waals surface area contributed by atoms with E-state index < -0.39 is 12.6 Å². The number of ether oxygens (including phenoxy) is 2. The molecule has 0 spiro atoms. The lowest BCUT2D eigenvalue weighted by molar-refractivity contribution is -0.139. The van der Waals surface area contributed by atoms with Gasteiger partial charge in [-0.3, -0.25) is 10.2 Å². The van der Waals surface area contributed by atoms with Crippen LogP contribution in [0.4, 0.5) is 11.4 Å². The van der Waals surface area contributed by atoms with E-state index in [0.29, 0.717) is 46.2 Å². The first-order valence-corrected chi connectivity index (χ1v) is 12.0. The molecule has 3 aromatic rings. The first-order chi connectivity index (χ1) is 18.2. The number of amides is 1. The molecule has 0 aliphatic rings. The second-order valence-corrected chi connectivity index (χ2v) is 8.89. The van der Waals surface area contributed by atoms with Gasteiger partial charge >= 0.3 is 5.97 Å². The van der Waals surface area contributed by atoms with Crippen LogP contribution in [0.15, 0.2) is 66.7 Å². The Hall–Kier alpha value is -4.57. The Balaban J connectivity index is 1.78. The van der Waals surface area contributed by atoms with Crippen LogP contribution in [0, 0.1) is 5.41 Å². The van der Waals surface area contributed by atoms with E-state index >= 15 is 0 Å². The van der Waals surface area contributed by atoms with Gasteiger partial charge in [0.1, 0.15) is 12.4 Å². The van der Waals surface area contributed by atoms with E-state index in [1.807, 2.05) is 44.1 Å². The van der Waals surface area contributed by atoms with Gasteiger partial charge in [0.2, 0.25) is 0 Å². The lowest BCUT2D eigenvalue weighted by Gasteiger charge is -2.22. The zero-order valence-electron chi connectivity index (χ0n) is 21.7. The van der Waals surface area contributed by atoms with Crippen molar-refractivity contribution >= 4 is 29.1 Å². The number of benzene rings is 3. The highest BCUT2D eigenvalue weighted by Gasteiger charge is 2.17. The molecule has 200 valence electrons. The van der Waals surface area contributed by atoms with E-state index in [1.54, 1.807) is 48.5 Å². The number of nitrogen functional groups attached to an aromatic ring is 1. The summed E-state index contributed by atoms with van der Waals surface area (Å²) in [5, 5.41) is 22.8. The fourth-order valence-corrected chi connectivity index (χ4v) is 3.43. The molecule has 0 heterocycles. The van der Waals surface area contributed by atoms with Gasteiger partial charge in [0.25, 0.3) is 5.91 Å². The molecule has 3 aromatic carbocycles. The summed E-state index contributed by atoms with van der Waals surface area (Å²) in [4.78, 5) is 26.3. The zero-order chi connectivity index (χ0) is 27.7. The van der Waals surface area contributed by atoms with Crippen LogP contribution in [-0.4, -0.2) is 61.1 Å². The molecule has 0 saturated heterocycles. The Labute approximate surface area is 221 Å². The fraction of sp³-hybridized carbons (Fsp3) is 0.250. The maximum atomic E-state index is 13.0. The van der Waals surface area contributed by atoms with Gasteiger partial charge < -0.3 is 35.8 Å². The van der Waals surface area contributed by atoms with Crippen molar-refractivity contribution in [3.05, 3.63) is 83.4 Å². The van der Waals surface area contributed by atoms with Crippen LogP contribution < -0.4 is 25.8 Å². The highest BCUT2D eigenvalue weighted by atomic mass is 16.5. The molecule has 0 aliphatic carbocycles. The number of carboxylic acid groups (broad SMARTS) is 1. The van der Waals surface area contributed by atoms with Gasteiger partial charge in [0, 0.05) is 35.1 Å². The molecule has 1 amide bonds. The number of carbonyl (C=O) groups excluding carboxylic acids is 1. The molecular formula is C28H33N5O5. The monoisotopic (exact) mass is 519 g/mol. The zero-order valence-corrected chi connectivity index (χ0v) is 21.7. The van der Waals surface area contributed by atoms with E-state index in [2.05, 4.69) is 10.6 Å². The van der Waals surface area contributed by atoms with Crippen LogP contribution in [0.25, 0.3) is 0 Å². The van der Waals surface area contributed by atoms with Gasteiger partial charge in [0.05, 0.1) is 5.56 Å². The Morgan fingerprint density at radius 2 is 1.74 bits per heavy atom. The van der Waals surface area contributed by atoms with Crippen LogP contribution in [0.3, 0.4) is 0 Å². The predicted molar refractivity (Wildman–Crippen MR) is 147 cm³/mol. The van der Waals surface area contributed by atoms with Crippen molar-refractivity contribution in [2.24, 2.45) is 5.73 Å². The molecule has 0 fully saturated rings. The van der Waals surface area contributed by atoms with Crippen LogP contribution in [-0.2, 0) is 11.3 Å². The first-order valence-electron chi connectivity index (χ1n) is 12.0. The molecule has 3 rings (SSSR count). The van der Waals surface area contributed by atoms with Crippen molar-refractivity contribution in [3.63, 3.8) is 0 Å². The molecule has 1 atom stereocenters. The summed E-state index contributed by atoms with van der Waals surface area (Å²) in [5.41, 5.74) is 8.30. The Morgan fingerprint density at radius 3 is 2.39 bits per heavy atom. The third-order valence-electron chi connectivity index (χ3n) is 5.86. The number of amidine groups is 1. The summed E-state index contributed by atoms with van der Waals surface area (Å²) in [6.07, 6.45) is 0. The highest BCUT2D eigenvalue weighted by Crippen LogP contribution is 2.32. The average Bonchev–Trinajstić information content (AvgIpc) is 2.89. The molecule has 10 nitrogen and oxygen atoms in total. The van der Waals surface area contributed by atoms with Crippen molar-refractivity contribution in [2.75, 3.05) is 37.9 Å². The van der Waals surface area contributed by atoms with Gasteiger partial charge in [-0.1, -0.05) is 24.3 Å². The summed E-state index contributed by atoms with van der Waals surface area (Å²) in [7, 11) is 3.90. The highest BCUT2D eigenvalue weighted by molar-refractivity contribution is 6.08. The summed E-state index contributed by atoms with van der Waals surface area (Å²) in [6.45, 7) is 2.15. The van der Waals surface area contributed by atoms with Gasteiger partial charge in [-0.25, -0.2) is 4.79 Å². The van der Waals surface area contributed by atoms with Crippen LogP contribution in [0.5, 0.6) is 11.5 Å². The molecule has 0 radical (unpaired) electrons. The van der Waals surface area contributed by atoms with E-state index in [-0.39, 0.29) is 24.3 Å². The number of rotatable bonds is 13. The number of aliphatic carboxylic acids is 1. The first kappa shape index (κ1) is 28.0. The largest absolute Gasteiger partial charge is 0.488 e. The standard InChI is InChI=1S/C28H33N5O5/c1-18(33(2)3)16-37-24-10-6-7-20(26(24)38-17-25(34)35)15-31-23-9-5-4-8-22(23)28(36)32-21-13-11-19(12-14-21)27(29)30/h4-14,18,31H,15-17H2,1-3H3,(H3,29,30)(H,32,36)(H,34,35)/t18-/m1/s1. The van der Waals surface area contributed by atoms with E-state index in [4.69, 9.17) is 25.7 Å². The minimum absolute atomic E-state index is 0.0502. The molecule has 10 heteroatoms. The van der Waals surface area contributed by atoms with Gasteiger partial charge in [-0.15, -0.1) is 0 Å². The molecule has 0 saturated carbocycles. The van der Waals surface area contributed by atoms with Crippen molar-refractivity contribution in [3.8, 4) is 11.5 Å². The minimum Gasteiger partial charge on any atom is -0.488 e. The lowest BCUT2D eigenvalue weighted by atomic mass is 10.1. The molecule has 0 aliphatic heterocycles. The summed E-state index contributed by atoms with van der Waals surface area (Å²) in [5.74, 6) is -0.689. The summed E-state index contributed by atoms with van der Waals surface area (Å²) in [6, 6.07) is 19.2. The third-order valence-corrected chi connectivity index (χ3v) is 5.86. The second kappa shape index (κ2) is 13.1. The summed E-state index contributed by atoms with van der Waals surface area (Å²) >= 11 is 0. The predicted octanol–water partition coefficient (Wildman–Crippen LogP) is 3.63. The van der Waals surface area contributed by atoms with E-state index in [1.165, 1.54) is 0 Å². The van der Waals surface area contributed by atoms with Crippen molar-refractivity contribution in [1.82, 2.24) is 4.90 Å². The number of para-hydroxylation sites is 2. The van der Waals surface area contributed by atoms with Gasteiger partial charge in [-0.2, -0.15) is 0 Å². The maximum absolute atomic E-state index is 13.0. The second-order valence-electron chi connectivity index (χ2n) is 8.89. The third kappa shape index (κ3) is 7.71. The number of nitrogens with zero attached hydrogens (tertiary/aromatic N) is 1. The average molecular weight is 520 g/mol. The van der Waals surface area contributed by atoms with Crippen molar-refractivity contribution in [1.29, 1.82) is 5.41 Å². The normalized spacial score (nSPS) is 11.5. The molecular weight excluding hydrogens is 486 g/mol. The number of hydrogen-bond acceptors (Lipinski definition) is 7.